The number of anilines is 2. The molecule has 2 N–H and O–H groups in total. The molecule has 1 aliphatic rings. The molecule has 0 radical (unpaired) electrons. The number of carbonyl (C=O) groups excluding carboxylic acids is 2. The van der Waals surface area contributed by atoms with E-state index in [0.717, 1.165) is 6.07 Å². The van der Waals surface area contributed by atoms with Crippen LogP contribution in [-0.2, 0) is 0 Å². The molecular weight excluding hydrogens is 578 g/mol. The second-order valence-electron chi connectivity index (χ2n) is 10.3. The summed E-state index contributed by atoms with van der Waals surface area (Å²) in [7, 11) is 0. The minimum Gasteiger partial charge on any atom is -0.490 e. The third-order valence-electron chi connectivity index (χ3n) is 7.07. The minimum atomic E-state index is -4.91. The lowest BCUT2D eigenvalue weighted by molar-refractivity contribution is -0.274. The summed E-state index contributed by atoms with van der Waals surface area (Å²) in [5.41, 5.74) is 2.51. The van der Waals surface area contributed by atoms with Crippen molar-refractivity contribution < 1.29 is 36.6 Å². The highest BCUT2D eigenvalue weighted by atomic mass is 19.4. The van der Waals surface area contributed by atoms with Crippen LogP contribution in [0.1, 0.15) is 28.8 Å². The number of urea groups is 1. The Morgan fingerprint density at radius 1 is 0.818 bits per heavy atom. The van der Waals surface area contributed by atoms with E-state index in [1.807, 2.05) is 0 Å². The van der Waals surface area contributed by atoms with Gasteiger partial charge in [0.1, 0.15) is 23.4 Å². The van der Waals surface area contributed by atoms with E-state index in [1.54, 1.807) is 66.4 Å². The van der Waals surface area contributed by atoms with Gasteiger partial charge in [-0.2, -0.15) is 0 Å². The molecule has 11 heteroatoms. The molecule has 0 aliphatic carbocycles. The summed E-state index contributed by atoms with van der Waals surface area (Å²) in [6.45, 7) is 2.52. The van der Waals surface area contributed by atoms with Crippen LogP contribution >= 0.6 is 0 Å². The quantitative estimate of drug-likeness (QED) is 0.209. The zero-order valence-corrected chi connectivity index (χ0v) is 23.7. The van der Waals surface area contributed by atoms with Crippen LogP contribution in [0, 0.1) is 12.7 Å². The van der Waals surface area contributed by atoms with Crippen LogP contribution in [-0.4, -0.2) is 42.4 Å². The fourth-order valence-electron chi connectivity index (χ4n) is 5.06. The summed E-state index contributed by atoms with van der Waals surface area (Å²) in [4.78, 5) is 27.7. The monoisotopic (exact) mass is 607 g/mol. The maximum atomic E-state index is 13.5. The summed E-state index contributed by atoms with van der Waals surface area (Å²) in [6, 6.07) is 23.2. The molecule has 0 spiro atoms. The van der Waals surface area contributed by atoms with Gasteiger partial charge < -0.3 is 25.0 Å². The van der Waals surface area contributed by atoms with Crippen molar-refractivity contribution in [2.75, 3.05) is 23.7 Å². The average Bonchev–Trinajstić information content (AvgIpc) is 2.98. The van der Waals surface area contributed by atoms with Gasteiger partial charge in [0.25, 0.3) is 5.91 Å². The van der Waals surface area contributed by atoms with Crippen molar-refractivity contribution in [3.63, 3.8) is 0 Å². The Labute approximate surface area is 251 Å². The van der Waals surface area contributed by atoms with E-state index in [0.29, 0.717) is 59.7 Å². The lowest BCUT2D eigenvalue weighted by Gasteiger charge is -2.32. The standard InChI is InChI=1S/C33H29F4N3O4/c1-21-18-28(44-33(35,36)37)20-29(30(21)22-6-3-2-4-7-22)31(41)38-25-8-5-9-27(19-25)43-26-14-16-40(17-15-26)32(42)39-24-12-10-23(34)11-13-24/h2-13,18-20,26H,14-17H2,1H3,(H,38,41)(H,39,42). The average molecular weight is 608 g/mol. The molecule has 0 aromatic heterocycles. The zero-order valence-electron chi connectivity index (χ0n) is 23.7. The van der Waals surface area contributed by atoms with E-state index in [9.17, 15) is 27.2 Å². The topological polar surface area (TPSA) is 79.9 Å². The van der Waals surface area contributed by atoms with Gasteiger partial charge in [-0.05, 0) is 72.1 Å². The van der Waals surface area contributed by atoms with Crippen LogP contribution in [0.3, 0.4) is 0 Å². The van der Waals surface area contributed by atoms with Crippen LogP contribution in [0.25, 0.3) is 11.1 Å². The van der Waals surface area contributed by atoms with E-state index in [2.05, 4.69) is 15.4 Å². The molecule has 228 valence electrons. The summed E-state index contributed by atoms with van der Waals surface area (Å²) in [5.74, 6) is -1.00. The highest BCUT2D eigenvalue weighted by Gasteiger charge is 2.32. The summed E-state index contributed by atoms with van der Waals surface area (Å²) in [6.07, 6.45) is -3.96. The normalized spacial score (nSPS) is 13.7. The Bertz CT molecular complexity index is 1620. The van der Waals surface area contributed by atoms with Gasteiger partial charge in [0.05, 0.1) is 5.56 Å². The fraction of sp³-hybridized carbons (Fsp3) is 0.212. The number of hydrogen-bond donors (Lipinski definition) is 2. The number of ether oxygens (including phenoxy) is 2. The predicted octanol–water partition coefficient (Wildman–Crippen LogP) is 8.03. The van der Waals surface area contributed by atoms with Gasteiger partial charge in [0.2, 0.25) is 0 Å². The smallest absolute Gasteiger partial charge is 0.490 e. The number of piperidine rings is 1. The van der Waals surface area contributed by atoms with Crippen LogP contribution in [0.4, 0.5) is 33.7 Å². The zero-order chi connectivity index (χ0) is 31.3. The number of halogens is 4. The number of rotatable bonds is 7. The first-order valence-corrected chi connectivity index (χ1v) is 13.9. The van der Waals surface area contributed by atoms with Crippen LogP contribution in [0.5, 0.6) is 11.5 Å². The first kappa shape index (κ1) is 30.4. The van der Waals surface area contributed by atoms with Crippen LogP contribution in [0.2, 0.25) is 0 Å². The molecule has 1 fully saturated rings. The number of carbonyl (C=O) groups is 2. The molecule has 1 saturated heterocycles. The highest BCUT2D eigenvalue weighted by molar-refractivity contribution is 6.09. The molecule has 0 saturated carbocycles. The highest BCUT2D eigenvalue weighted by Crippen LogP contribution is 2.34. The second-order valence-corrected chi connectivity index (χ2v) is 10.3. The number of likely N-dealkylation sites (tertiary alicyclic amines) is 1. The third kappa shape index (κ3) is 7.85. The third-order valence-corrected chi connectivity index (χ3v) is 7.07. The van der Waals surface area contributed by atoms with Gasteiger partial charge in [0.15, 0.2) is 0 Å². The van der Waals surface area contributed by atoms with Gasteiger partial charge in [-0.1, -0.05) is 36.4 Å². The number of nitrogens with one attached hydrogen (secondary N) is 2. The van der Waals surface area contributed by atoms with Crippen molar-refractivity contribution in [1.29, 1.82) is 0 Å². The molecule has 7 nitrogen and oxygen atoms in total. The van der Waals surface area contributed by atoms with Gasteiger partial charge in [-0.15, -0.1) is 13.2 Å². The van der Waals surface area contributed by atoms with Crippen molar-refractivity contribution in [2.45, 2.75) is 32.2 Å². The predicted molar refractivity (Wildman–Crippen MR) is 158 cm³/mol. The number of nitrogens with zero attached hydrogens (tertiary/aromatic N) is 1. The van der Waals surface area contributed by atoms with Crippen LogP contribution in [0.15, 0.2) is 91.0 Å². The molecule has 1 aliphatic heterocycles. The summed E-state index contributed by atoms with van der Waals surface area (Å²) in [5, 5.41) is 5.52. The number of alkyl halides is 3. The Morgan fingerprint density at radius 2 is 1.52 bits per heavy atom. The largest absolute Gasteiger partial charge is 0.573 e. The van der Waals surface area contributed by atoms with Crippen molar-refractivity contribution in [3.8, 4) is 22.6 Å². The number of benzene rings is 4. The molecule has 0 unspecified atom stereocenters. The van der Waals surface area contributed by atoms with E-state index >= 15 is 0 Å². The molecule has 0 bridgehead atoms. The molecule has 4 aromatic carbocycles. The number of amides is 3. The van der Waals surface area contributed by atoms with E-state index < -0.39 is 18.0 Å². The van der Waals surface area contributed by atoms with Gasteiger partial charge in [-0.25, -0.2) is 9.18 Å². The lowest BCUT2D eigenvalue weighted by Crippen LogP contribution is -2.43. The fourth-order valence-corrected chi connectivity index (χ4v) is 5.06. The Balaban J connectivity index is 1.25. The first-order valence-electron chi connectivity index (χ1n) is 13.9. The van der Waals surface area contributed by atoms with Crippen LogP contribution < -0.4 is 20.1 Å². The summed E-state index contributed by atoms with van der Waals surface area (Å²) < 4.78 is 62.4. The molecule has 0 atom stereocenters. The van der Waals surface area contributed by atoms with Gasteiger partial charge in [0, 0.05) is 43.4 Å². The summed E-state index contributed by atoms with van der Waals surface area (Å²) >= 11 is 0. The van der Waals surface area contributed by atoms with Gasteiger partial charge >= 0.3 is 12.4 Å². The van der Waals surface area contributed by atoms with Crippen molar-refractivity contribution >= 4 is 23.3 Å². The SMILES string of the molecule is Cc1cc(OC(F)(F)F)cc(C(=O)Nc2cccc(OC3CCN(C(=O)Nc4ccc(F)cc4)CC3)c2)c1-c1ccccc1. The molecule has 44 heavy (non-hydrogen) atoms. The molecular formula is C33H29F4N3O4. The Morgan fingerprint density at radius 3 is 2.20 bits per heavy atom. The minimum absolute atomic E-state index is 0.0213. The number of aryl methyl sites for hydroxylation is 1. The van der Waals surface area contributed by atoms with E-state index in [4.69, 9.17) is 4.74 Å². The first-order chi connectivity index (χ1) is 21.0. The Hall–Kier alpha value is -5.06. The van der Waals surface area contributed by atoms with Crippen molar-refractivity contribution in [2.24, 2.45) is 0 Å². The van der Waals surface area contributed by atoms with E-state index in [-0.39, 0.29) is 23.5 Å². The Kier molecular flexibility index (Phi) is 9.03. The maximum Gasteiger partial charge on any atom is 0.573 e. The van der Waals surface area contributed by atoms with Crippen molar-refractivity contribution in [3.05, 3.63) is 108 Å². The van der Waals surface area contributed by atoms with E-state index in [1.165, 1.54) is 30.3 Å². The number of hydrogen-bond acceptors (Lipinski definition) is 4. The molecule has 5 rings (SSSR count). The molecule has 3 amide bonds. The molecule has 4 aromatic rings. The van der Waals surface area contributed by atoms with Crippen molar-refractivity contribution in [1.82, 2.24) is 4.90 Å². The maximum absolute atomic E-state index is 13.5. The van der Waals surface area contributed by atoms with Gasteiger partial charge in [-0.3, -0.25) is 4.79 Å². The molecule has 1 heterocycles. The second kappa shape index (κ2) is 13.1. The lowest BCUT2D eigenvalue weighted by atomic mass is 9.94.